The van der Waals surface area contributed by atoms with Crippen molar-refractivity contribution in [3.8, 4) is 5.75 Å². The summed E-state index contributed by atoms with van der Waals surface area (Å²) in [4.78, 5) is 0. The van der Waals surface area contributed by atoms with E-state index in [-0.39, 0.29) is 42.6 Å². The zero-order chi connectivity index (χ0) is 30.2. The van der Waals surface area contributed by atoms with Gasteiger partial charge < -0.3 is 4.74 Å². The Hall–Kier alpha value is -2.32. The second-order valence-corrected chi connectivity index (χ2v) is 12.9. The predicted octanol–water partition coefficient (Wildman–Crippen LogP) is 11.2. The first-order chi connectivity index (χ1) is 19.8. The van der Waals surface area contributed by atoms with Gasteiger partial charge >= 0.3 is 12.3 Å². The third-order valence-corrected chi connectivity index (χ3v) is 10.2. The van der Waals surface area contributed by atoms with Gasteiger partial charge in [-0.25, -0.2) is 13.2 Å². The molecular weight excluding hydrogens is 564 g/mol. The molecule has 3 aliphatic carbocycles. The first-order valence-corrected chi connectivity index (χ1v) is 15.2. The van der Waals surface area contributed by atoms with Crippen LogP contribution < -0.4 is 4.74 Å². The van der Waals surface area contributed by atoms with E-state index in [0.717, 1.165) is 55.6 Å². The van der Waals surface area contributed by atoms with Gasteiger partial charge in [-0.3, -0.25) is 0 Å². The van der Waals surface area contributed by atoms with Crippen LogP contribution in [0.1, 0.15) is 112 Å². The van der Waals surface area contributed by atoms with E-state index in [1.165, 1.54) is 12.8 Å². The largest absolute Gasteiger partial charge is 0.432 e. The van der Waals surface area contributed by atoms with Gasteiger partial charge in [0, 0.05) is 12.1 Å². The maximum Gasteiger partial charge on any atom is 0.422 e. The zero-order valence-electron chi connectivity index (χ0n) is 23.8. The fraction of sp³-hybridized carbons (Fsp3) is 0.636. The molecule has 0 amide bonds. The van der Waals surface area contributed by atoms with Crippen LogP contribution in [0.15, 0.2) is 30.3 Å². The van der Waals surface area contributed by atoms with Gasteiger partial charge in [0.2, 0.25) is 0 Å². The predicted molar refractivity (Wildman–Crippen MR) is 144 cm³/mol. The van der Waals surface area contributed by atoms with Gasteiger partial charge in [-0.05, 0) is 111 Å². The number of ether oxygens (including phenoxy) is 1. The molecule has 0 N–H and O–H groups in total. The van der Waals surface area contributed by atoms with Crippen LogP contribution in [0.3, 0.4) is 0 Å². The Morgan fingerprint density at radius 1 is 0.619 bits per heavy atom. The summed E-state index contributed by atoms with van der Waals surface area (Å²) < 4.78 is 116. The van der Waals surface area contributed by atoms with Crippen LogP contribution in [-0.2, 0) is 6.18 Å². The van der Waals surface area contributed by atoms with Crippen molar-refractivity contribution < 1.29 is 39.9 Å². The van der Waals surface area contributed by atoms with Gasteiger partial charge in [-0.1, -0.05) is 31.9 Å². The Bertz CT molecular complexity index is 1190. The molecule has 5 rings (SSSR count). The van der Waals surface area contributed by atoms with Crippen molar-refractivity contribution in [3.63, 3.8) is 0 Å². The molecule has 0 radical (unpaired) electrons. The summed E-state index contributed by atoms with van der Waals surface area (Å²) in [6, 6.07) is 6.10. The van der Waals surface area contributed by atoms with Gasteiger partial charge in [0.25, 0.3) is 0 Å². The SMILES string of the molecule is CC1CCC(c2ccc(C3CCC(C4CCC(C(F)(F)Oc5cc(F)c(C(F)(F)F)c(F)c5)CC4)CC3)c(F)c2)CC1. The van der Waals surface area contributed by atoms with Crippen LogP contribution in [0, 0.1) is 41.1 Å². The molecule has 0 bridgehead atoms. The van der Waals surface area contributed by atoms with Crippen LogP contribution in [0.4, 0.5) is 35.1 Å². The van der Waals surface area contributed by atoms with Crippen molar-refractivity contribution in [2.75, 3.05) is 0 Å². The van der Waals surface area contributed by atoms with Crippen molar-refractivity contribution in [3.05, 3.63) is 64.5 Å². The molecule has 3 fully saturated rings. The number of alkyl halides is 5. The highest BCUT2D eigenvalue weighted by molar-refractivity contribution is 5.33. The smallest absolute Gasteiger partial charge is 0.422 e. The minimum absolute atomic E-state index is 0.120. The zero-order valence-corrected chi connectivity index (χ0v) is 23.8. The molecule has 3 saturated carbocycles. The average molecular weight is 603 g/mol. The fourth-order valence-corrected chi connectivity index (χ4v) is 7.67. The average Bonchev–Trinajstić information content (AvgIpc) is 2.92. The lowest BCUT2D eigenvalue weighted by Crippen LogP contribution is -2.38. The standard InChI is InChI=1S/C33H38F8O/c1-19-2-4-22(5-3-19)24-12-15-27(28(34)16-24)23-8-6-20(7-9-23)21-10-13-25(14-11-21)33(40,41)42-26-17-29(35)31(30(36)18-26)32(37,38)39/h12,15-23,25H,2-11,13-14H2,1H3. The number of benzene rings is 2. The molecule has 0 aliphatic heterocycles. The molecule has 9 heteroatoms. The van der Waals surface area contributed by atoms with Crippen LogP contribution in [0.25, 0.3) is 0 Å². The summed E-state index contributed by atoms with van der Waals surface area (Å²) in [6.07, 6.45) is 0.381. The van der Waals surface area contributed by atoms with Crippen molar-refractivity contribution >= 4 is 0 Å². The van der Waals surface area contributed by atoms with E-state index in [0.29, 0.717) is 24.7 Å². The van der Waals surface area contributed by atoms with E-state index in [2.05, 4.69) is 17.7 Å². The summed E-state index contributed by atoms with van der Waals surface area (Å²) in [5.74, 6) is -4.36. The molecule has 3 aliphatic rings. The molecule has 0 aromatic heterocycles. The van der Waals surface area contributed by atoms with Crippen LogP contribution in [0.5, 0.6) is 5.75 Å². The van der Waals surface area contributed by atoms with E-state index >= 15 is 4.39 Å². The van der Waals surface area contributed by atoms with E-state index < -0.39 is 41.2 Å². The van der Waals surface area contributed by atoms with Gasteiger partial charge in [-0.15, -0.1) is 0 Å². The molecule has 0 saturated heterocycles. The second-order valence-electron chi connectivity index (χ2n) is 12.9. The van der Waals surface area contributed by atoms with Gasteiger partial charge in [0.15, 0.2) is 0 Å². The molecule has 42 heavy (non-hydrogen) atoms. The molecule has 2 aromatic carbocycles. The lowest BCUT2D eigenvalue weighted by molar-refractivity contribution is -0.224. The summed E-state index contributed by atoms with van der Waals surface area (Å²) in [5.41, 5.74) is -0.261. The van der Waals surface area contributed by atoms with Crippen molar-refractivity contribution in [2.24, 2.45) is 23.7 Å². The molecule has 0 unspecified atom stereocenters. The maximum atomic E-state index is 15.2. The highest BCUT2D eigenvalue weighted by atomic mass is 19.4. The van der Waals surface area contributed by atoms with E-state index in [1.54, 1.807) is 6.07 Å². The van der Waals surface area contributed by atoms with Crippen molar-refractivity contribution in [1.82, 2.24) is 0 Å². The van der Waals surface area contributed by atoms with E-state index in [9.17, 15) is 30.7 Å². The Morgan fingerprint density at radius 3 is 1.67 bits per heavy atom. The summed E-state index contributed by atoms with van der Waals surface area (Å²) in [6.45, 7) is 2.27. The summed E-state index contributed by atoms with van der Waals surface area (Å²) in [7, 11) is 0. The van der Waals surface area contributed by atoms with Crippen molar-refractivity contribution in [2.45, 2.75) is 108 Å². The quantitative estimate of drug-likeness (QED) is 0.299. The molecule has 0 atom stereocenters. The second kappa shape index (κ2) is 12.4. The Kier molecular flexibility index (Phi) is 9.15. The minimum atomic E-state index is -5.29. The van der Waals surface area contributed by atoms with Gasteiger partial charge in [0.05, 0.1) is 5.92 Å². The van der Waals surface area contributed by atoms with Crippen LogP contribution in [0.2, 0.25) is 0 Å². The number of hydrogen-bond acceptors (Lipinski definition) is 1. The first-order valence-electron chi connectivity index (χ1n) is 15.2. The van der Waals surface area contributed by atoms with E-state index in [1.807, 2.05) is 6.07 Å². The van der Waals surface area contributed by atoms with Crippen LogP contribution in [-0.4, -0.2) is 6.11 Å². The summed E-state index contributed by atoms with van der Waals surface area (Å²) >= 11 is 0. The number of halogens is 8. The normalized spacial score (nSPS) is 29.4. The topological polar surface area (TPSA) is 9.23 Å². The Morgan fingerprint density at radius 2 is 1.14 bits per heavy atom. The minimum Gasteiger partial charge on any atom is -0.432 e. The third-order valence-electron chi connectivity index (χ3n) is 10.2. The number of hydrogen-bond donors (Lipinski definition) is 0. The third kappa shape index (κ3) is 6.91. The molecule has 1 nitrogen and oxygen atoms in total. The molecule has 0 spiro atoms. The number of rotatable bonds is 6. The Labute approximate surface area is 242 Å². The summed E-state index contributed by atoms with van der Waals surface area (Å²) in [5, 5.41) is 0. The van der Waals surface area contributed by atoms with E-state index in [4.69, 9.17) is 0 Å². The highest BCUT2D eigenvalue weighted by Crippen LogP contribution is 2.48. The lowest BCUT2D eigenvalue weighted by Gasteiger charge is -2.39. The molecular formula is C33H38F8O. The highest BCUT2D eigenvalue weighted by Gasteiger charge is 2.46. The molecule has 0 heterocycles. The fourth-order valence-electron chi connectivity index (χ4n) is 7.67. The van der Waals surface area contributed by atoms with Gasteiger partial charge in [0.1, 0.15) is 28.8 Å². The van der Waals surface area contributed by atoms with Gasteiger partial charge in [-0.2, -0.15) is 22.0 Å². The van der Waals surface area contributed by atoms with Crippen LogP contribution >= 0.6 is 0 Å². The Balaban J connectivity index is 1.12. The lowest BCUT2D eigenvalue weighted by atomic mass is 9.68. The maximum absolute atomic E-state index is 15.2. The molecule has 232 valence electrons. The van der Waals surface area contributed by atoms with Crippen molar-refractivity contribution in [1.29, 1.82) is 0 Å². The first kappa shape index (κ1) is 31.1. The monoisotopic (exact) mass is 602 g/mol. The molecule has 2 aromatic rings.